The van der Waals surface area contributed by atoms with Gasteiger partial charge >= 0.3 is 0 Å². The van der Waals surface area contributed by atoms with E-state index in [0.717, 1.165) is 12.1 Å². The van der Waals surface area contributed by atoms with Crippen LogP contribution in [0.1, 0.15) is 5.56 Å². The molecule has 0 unspecified atom stereocenters. The number of hydrogen-bond donors (Lipinski definition) is 1. The maximum absolute atomic E-state index is 4.36. The van der Waals surface area contributed by atoms with E-state index in [9.17, 15) is 0 Å². The number of rotatable bonds is 2. The molecule has 0 atom stereocenters. The van der Waals surface area contributed by atoms with Crippen molar-refractivity contribution in [2.45, 2.75) is 6.54 Å². The first-order valence-corrected chi connectivity index (χ1v) is 4.39. The predicted octanol–water partition coefficient (Wildman–Crippen LogP) is 2.38. The van der Waals surface area contributed by atoms with Crippen LogP contribution in [0.5, 0.6) is 0 Å². The van der Waals surface area contributed by atoms with Crippen molar-refractivity contribution in [3.05, 3.63) is 42.1 Å². The molecule has 0 saturated heterocycles. The first kappa shape index (κ1) is 11.0. The van der Waals surface area contributed by atoms with Gasteiger partial charge in [-0.05, 0) is 18.7 Å². The van der Waals surface area contributed by atoms with Gasteiger partial charge in [-0.25, -0.2) is 0 Å². The van der Waals surface area contributed by atoms with Gasteiger partial charge in [0.25, 0.3) is 0 Å². The molecule has 1 aromatic heterocycles. The Kier molecular flexibility index (Phi) is 3.86. The third kappa shape index (κ3) is 2.03. The smallest absolute Gasteiger partial charge is 0.0746 e. The molecule has 0 bridgehead atoms. The van der Waals surface area contributed by atoms with Crippen LogP contribution in [0.2, 0.25) is 0 Å². The van der Waals surface area contributed by atoms with E-state index >= 15 is 0 Å². The maximum atomic E-state index is 4.36. The summed E-state index contributed by atoms with van der Waals surface area (Å²) >= 11 is 0. The van der Waals surface area contributed by atoms with Crippen molar-refractivity contribution in [2.75, 3.05) is 7.05 Å². The molecule has 2 aromatic rings. The molecule has 2 nitrogen and oxygen atoms in total. The van der Waals surface area contributed by atoms with E-state index < -0.39 is 0 Å². The molecule has 0 fully saturated rings. The molecular formula is C11H13ClN2. The quantitative estimate of drug-likeness (QED) is 0.820. The lowest BCUT2D eigenvalue weighted by Crippen LogP contribution is -2.05. The van der Waals surface area contributed by atoms with E-state index in [2.05, 4.69) is 34.6 Å². The number of para-hydroxylation sites is 1. The molecule has 0 spiro atoms. The van der Waals surface area contributed by atoms with Gasteiger partial charge in [0.2, 0.25) is 0 Å². The van der Waals surface area contributed by atoms with Crippen molar-refractivity contribution in [3.8, 4) is 0 Å². The summed E-state index contributed by atoms with van der Waals surface area (Å²) in [4.78, 5) is 4.36. The molecule has 1 heterocycles. The minimum Gasteiger partial charge on any atom is -0.316 e. The van der Waals surface area contributed by atoms with Crippen LogP contribution in [0.25, 0.3) is 10.9 Å². The van der Waals surface area contributed by atoms with Crippen molar-refractivity contribution in [1.82, 2.24) is 10.3 Å². The highest BCUT2D eigenvalue weighted by Crippen LogP contribution is 2.15. The average molecular weight is 209 g/mol. The van der Waals surface area contributed by atoms with E-state index in [0.29, 0.717) is 0 Å². The monoisotopic (exact) mass is 208 g/mol. The van der Waals surface area contributed by atoms with Gasteiger partial charge in [-0.3, -0.25) is 4.98 Å². The average Bonchev–Trinajstić information content (AvgIpc) is 2.19. The molecule has 0 aliphatic carbocycles. The van der Waals surface area contributed by atoms with Gasteiger partial charge in [-0.15, -0.1) is 12.4 Å². The normalized spacial score (nSPS) is 9.79. The molecule has 2 rings (SSSR count). The van der Waals surface area contributed by atoms with Crippen molar-refractivity contribution < 1.29 is 0 Å². The number of halogens is 1. The summed E-state index contributed by atoms with van der Waals surface area (Å²) < 4.78 is 0. The number of aromatic nitrogens is 1. The fourth-order valence-corrected chi connectivity index (χ4v) is 1.50. The number of hydrogen-bond acceptors (Lipinski definition) is 2. The summed E-state index contributed by atoms with van der Waals surface area (Å²) in [6, 6.07) is 10.3. The first-order chi connectivity index (χ1) is 6.42. The number of pyridine rings is 1. The summed E-state index contributed by atoms with van der Waals surface area (Å²) in [6.45, 7) is 0.869. The molecule has 3 heteroatoms. The molecular weight excluding hydrogens is 196 g/mol. The highest BCUT2D eigenvalue weighted by atomic mass is 35.5. The van der Waals surface area contributed by atoms with E-state index in [1.54, 1.807) is 0 Å². The summed E-state index contributed by atoms with van der Waals surface area (Å²) in [5.74, 6) is 0. The summed E-state index contributed by atoms with van der Waals surface area (Å²) in [6.07, 6.45) is 1.83. The second-order valence-corrected chi connectivity index (χ2v) is 3.02. The molecule has 1 aromatic carbocycles. The van der Waals surface area contributed by atoms with Crippen LogP contribution in [0.3, 0.4) is 0 Å². The Morgan fingerprint density at radius 3 is 2.79 bits per heavy atom. The lowest BCUT2D eigenvalue weighted by atomic mass is 10.1. The van der Waals surface area contributed by atoms with Gasteiger partial charge in [0.15, 0.2) is 0 Å². The summed E-state index contributed by atoms with van der Waals surface area (Å²) in [5, 5.41) is 4.34. The number of nitrogens with zero attached hydrogens (tertiary/aromatic N) is 1. The van der Waals surface area contributed by atoms with Gasteiger partial charge in [-0.2, -0.15) is 0 Å². The van der Waals surface area contributed by atoms with E-state index in [1.807, 2.05) is 19.3 Å². The van der Waals surface area contributed by atoms with Crippen molar-refractivity contribution in [3.63, 3.8) is 0 Å². The summed E-state index contributed by atoms with van der Waals surface area (Å²) in [7, 11) is 1.95. The minimum absolute atomic E-state index is 0. The highest BCUT2D eigenvalue weighted by Gasteiger charge is 1.98. The van der Waals surface area contributed by atoms with Crippen LogP contribution in [-0.2, 0) is 6.54 Å². The van der Waals surface area contributed by atoms with Crippen molar-refractivity contribution >= 4 is 23.3 Å². The molecule has 0 saturated carbocycles. The Balaban J connectivity index is 0.000000980. The Morgan fingerprint density at radius 2 is 2.00 bits per heavy atom. The Morgan fingerprint density at radius 1 is 1.21 bits per heavy atom. The van der Waals surface area contributed by atoms with Gasteiger partial charge in [-0.1, -0.05) is 24.3 Å². The van der Waals surface area contributed by atoms with E-state index in [1.165, 1.54) is 10.9 Å². The predicted molar refractivity (Wildman–Crippen MR) is 61.8 cm³/mol. The Bertz CT molecular complexity index is 409. The van der Waals surface area contributed by atoms with Gasteiger partial charge < -0.3 is 5.32 Å². The van der Waals surface area contributed by atoms with Crippen LogP contribution in [0.4, 0.5) is 0 Å². The topological polar surface area (TPSA) is 24.9 Å². The Hall–Kier alpha value is -1.12. The van der Waals surface area contributed by atoms with Gasteiger partial charge in [0.1, 0.15) is 0 Å². The van der Waals surface area contributed by atoms with Gasteiger partial charge in [0, 0.05) is 18.1 Å². The number of nitrogens with one attached hydrogen (secondary N) is 1. The fourth-order valence-electron chi connectivity index (χ4n) is 1.50. The lowest BCUT2D eigenvalue weighted by molar-refractivity contribution is 0.822. The third-order valence-corrected chi connectivity index (χ3v) is 2.08. The minimum atomic E-state index is 0. The van der Waals surface area contributed by atoms with Crippen LogP contribution in [0, 0.1) is 0 Å². The molecule has 74 valence electrons. The molecule has 14 heavy (non-hydrogen) atoms. The molecule has 0 radical (unpaired) electrons. The van der Waals surface area contributed by atoms with Crippen molar-refractivity contribution in [2.24, 2.45) is 0 Å². The van der Waals surface area contributed by atoms with Gasteiger partial charge in [0.05, 0.1) is 5.52 Å². The fraction of sp³-hybridized carbons (Fsp3) is 0.182. The highest BCUT2D eigenvalue weighted by molar-refractivity contribution is 5.85. The largest absolute Gasteiger partial charge is 0.316 e. The molecule has 0 amide bonds. The molecule has 1 N–H and O–H groups in total. The van der Waals surface area contributed by atoms with Crippen LogP contribution in [-0.4, -0.2) is 12.0 Å². The number of fused-ring (bicyclic) bond motifs is 1. The SMILES string of the molecule is CNCc1cccc2cccnc12.Cl. The zero-order valence-corrected chi connectivity index (χ0v) is 8.84. The first-order valence-electron chi connectivity index (χ1n) is 4.39. The number of benzene rings is 1. The molecule has 0 aliphatic rings. The molecule has 0 aliphatic heterocycles. The van der Waals surface area contributed by atoms with Crippen LogP contribution < -0.4 is 5.32 Å². The zero-order chi connectivity index (χ0) is 9.10. The zero-order valence-electron chi connectivity index (χ0n) is 8.03. The maximum Gasteiger partial charge on any atom is 0.0746 e. The summed E-state index contributed by atoms with van der Waals surface area (Å²) in [5.41, 5.74) is 2.35. The van der Waals surface area contributed by atoms with Crippen LogP contribution in [0.15, 0.2) is 36.5 Å². The van der Waals surface area contributed by atoms with E-state index in [4.69, 9.17) is 0 Å². The lowest BCUT2D eigenvalue weighted by Gasteiger charge is -2.03. The van der Waals surface area contributed by atoms with Crippen molar-refractivity contribution in [1.29, 1.82) is 0 Å². The third-order valence-electron chi connectivity index (χ3n) is 2.08. The Labute approximate surface area is 89.8 Å². The van der Waals surface area contributed by atoms with Crippen LogP contribution >= 0.6 is 12.4 Å². The second kappa shape index (κ2) is 4.94. The second-order valence-electron chi connectivity index (χ2n) is 3.02. The standard InChI is InChI=1S/C11H12N2.ClH/c1-12-8-10-5-2-4-9-6-3-7-13-11(9)10;/h2-7,12H,8H2,1H3;1H. The van der Waals surface area contributed by atoms with E-state index in [-0.39, 0.29) is 12.4 Å².